The van der Waals surface area contributed by atoms with Crippen molar-refractivity contribution in [3.63, 3.8) is 0 Å². The molecule has 6 nitrogen and oxygen atoms in total. The zero-order valence-corrected chi connectivity index (χ0v) is 18.9. The van der Waals surface area contributed by atoms with Crippen LogP contribution in [0.15, 0.2) is 77.7 Å². The van der Waals surface area contributed by atoms with Crippen LogP contribution in [0.2, 0.25) is 0 Å². The number of benzene rings is 3. The molecule has 3 aromatic carbocycles. The van der Waals surface area contributed by atoms with Crippen LogP contribution in [0.5, 0.6) is 5.75 Å². The van der Waals surface area contributed by atoms with Crippen LogP contribution in [0.3, 0.4) is 0 Å². The molecule has 1 amide bonds. The number of sulfonamides is 1. The van der Waals surface area contributed by atoms with Crippen molar-refractivity contribution in [2.24, 2.45) is 0 Å². The topological polar surface area (TPSA) is 75.7 Å². The van der Waals surface area contributed by atoms with Gasteiger partial charge >= 0.3 is 0 Å². The number of amides is 1. The highest BCUT2D eigenvalue weighted by molar-refractivity contribution is 7.92. The van der Waals surface area contributed by atoms with Gasteiger partial charge in [-0.15, -0.1) is 0 Å². The van der Waals surface area contributed by atoms with E-state index in [9.17, 15) is 17.6 Å². The first-order valence-corrected chi connectivity index (χ1v) is 11.5. The third kappa shape index (κ3) is 5.64. The Hall–Kier alpha value is -3.39. The van der Waals surface area contributed by atoms with E-state index in [2.05, 4.69) is 5.32 Å². The van der Waals surface area contributed by atoms with Crippen LogP contribution in [0, 0.1) is 12.7 Å². The van der Waals surface area contributed by atoms with Crippen molar-refractivity contribution in [3.05, 3.63) is 84.2 Å². The van der Waals surface area contributed by atoms with Crippen molar-refractivity contribution in [1.82, 2.24) is 0 Å². The summed E-state index contributed by atoms with van der Waals surface area (Å²) in [6.07, 6.45) is -0.0443. The Bertz CT molecular complexity index is 1190. The lowest BCUT2D eigenvalue weighted by molar-refractivity contribution is -0.114. The Kier molecular flexibility index (Phi) is 7.15. The van der Waals surface area contributed by atoms with Crippen LogP contribution in [0.4, 0.5) is 15.8 Å². The van der Waals surface area contributed by atoms with Gasteiger partial charge in [-0.1, -0.05) is 35.9 Å². The Morgan fingerprint density at radius 3 is 2.38 bits per heavy atom. The second-order valence-corrected chi connectivity index (χ2v) is 9.38. The molecule has 0 spiro atoms. The number of ether oxygens (including phenoxy) is 1. The van der Waals surface area contributed by atoms with Gasteiger partial charge in [-0.25, -0.2) is 12.8 Å². The minimum atomic E-state index is -4.20. The highest BCUT2D eigenvalue weighted by Crippen LogP contribution is 2.27. The molecule has 0 saturated carbocycles. The predicted molar refractivity (Wildman–Crippen MR) is 123 cm³/mol. The predicted octanol–water partition coefficient (Wildman–Crippen LogP) is 4.76. The molecule has 0 heterocycles. The normalized spacial score (nSPS) is 11.3. The number of carbonyl (C=O) groups excluding carboxylic acids is 1. The van der Waals surface area contributed by atoms with Crippen LogP contribution in [-0.2, 0) is 14.8 Å². The summed E-state index contributed by atoms with van der Waals surface area (Å²) in [6.45, 7) is 4.99. The largest absolute Gasteiger partial charge is 0.491 e. The summed E-state index contributed by atoms with van der Waals surface area (Å²) >= 11 is 0. The number of rotatable bonds is 8. The number of para-hydroxylation sites is 1. The first-order valence-electron chi connectivity index (χ1n) is 10.1. The molecule has 8 heteroatoms. The lowest BCUT2D eigenvalue weighted by Crippen LogP contribution is -2.38. The van der Waals surface area contributed by atoms with Crippen LogP contribution < -0.4 is 14.4 Å². The van der Waals surface area contributed by atoms with Gasteiger partial charge in [-0.05, 0) is 57.2 Å². The van der Waals surface area contributed by atoms with Crippen LogP contribution in [-0.4, -0.2) is 27.0 Å². The van der Waals surface area contributed by atoms with Crippen LogP contribution >= 0.6 is 0 Å². The molecular formula is C24H25FN2O4S. The Labute approximate surface area is 187 Å². The van der Waals surface area contributed by atoms with Gasteiger partial charge in [0.05, 0.1) is 16.7 Å². The number of halogens is 1. The van der Waals surface area contributed by atoms with Crippen molar-refractivity contribution in [2.75, 3.05) is 16.2 Å². The van der Waals surface area contributed by atoms with Gasteiger partial charge in [0, 0.05) is 11.8 Å². The SMILES string of the molecule is Cc1ccc(S(=O)(=O)N(CC(=O)Nc2cccc(OC(C)C)c2)c2ccccc2F)cc1. The van der Waals surface area contributed by atoms with Crippen LogP contribution in [0.1, 0.15) is 19.4 Å². The summed E-state index contributed by atoms with van der Waals surface area (Å²) in [5.74, 6) is -0.801. The van der Waals surface area contributed by atoms with Crippen molar-refractivity contribution >= 4 is 27.3 Å². The summed E-state index contributed by atoms with van der Waals surface area (Å²) in [4.78, 5) is 12.8. The number of anilines is 2. The molecule has 3 aromatic rings. The molecule has 0 radical (unpaired) electrons. The molecular weight excluding hydrogens is 431 g/mol. The Morgan fingerprint density at radius 2 is 1.72 bits per heavy atom. The molecule has 0 bridgehead atoms. The maximum absolute atomic E-state index is 14.5. The zero-order chi connectivity index (χ0) is 23.3. The molecule has 0 unspecified atom stereocenters. The van der Waals surface area contributed by atoms with E-state index >= 15 is 0 Å². The standard InChI is InChI=1S/C24H25FN2O4S/c1-17(2)31-20-8-6-7-19(15-20)26-24(28)16-27(23-10-5-4-9-22(23)25)32(29,30)21-13-11-18(3)12-14-21/h4-15,17H,16H2,1-3H3,(H,26,28). The third-order valence-electron chi connectivity index (χ3n) is 4.51. The smallest absolute Gasteiger partial charge is 0.264 e. The first kappa shape index (κ1) is 23.3. The van der Waals surface area contributed by atoms with Gasteiger partial charge in [0.2, 0.25) is 5.91 Å². The van der Waals surface area contributed by atoms with E-state index < -0.39 is 28.3 Å². The van der Waals surface area contributed by atoms with Gasteiger partial charge in [0.15, 0.2) is 0 Å². The maximum Gasteiger partial charge on any atom is 0.264 e. The van der Waals surface area contributed by atoms with E-state index in [0.717, 1.165) is 15.9 Å². The average Bonchev–Trinajstić information content (AvgIpc) is 2.73. The summed E-state index contributed by atoms with van der Waals surface area (Å²) in [5, 5.41) is 2.66. The van der Waals surface area contributed by atoms with E-state index in [4.69, 9.17) is 4.74 Å². The van der Waals surface area contributed by atoms with Gasteiger partial charge in [0.1, 0.15) is 18.1 Å². The van der Waals surface area contributed by atoms with Gasteiger partial charge in [0.25, 0.3) is 10.0 Å². The molecule has 0 aliphatic heterocycles. The molecule has 0 fully saturated rings. The van der Waals surface area contributed by atoms with E-state index in [1.165, 1.54) is 30.3 Å². The average molecular weight is 457 g/mol. The van der Waals surface area contributed by atoms with Crippen molar-refractivity contribution < 1.29 is 22.3 Å². The fourth-order valence-electron chi connectivity index (χ4n) is 3.04. The molecule has 3 rings (SSSR count). The molecule has 0 atom stereocenters. The zero-order valence-electron chi connectivity index (χ0n) is 18.1. The van der Waals surface area contributed by atoms with Crippen molar-refractivity contribution in [2.45, 2.75) is 31.8 Å². The van der Waals surface area contributed by atoms with E-state index in [1.54, 1.807) is 36.4 Å². The van der Waals surface area contributed by atoms with Crippen molar-refractivity contribution in [1.29, 1.82) is 0 Å². The van der Waals surface area contributed by atoms with E-state index in [1.807, 2.05) is 20.8 Å². The molecule has 0 aromatic heterocycles. The fraction of sp³-hybridized carbons (Fsp3) is 0.208. The molecule has 32 heavy (non-hydrogen) atoms. The lowest BCUT2D eigenvalue weighted by Gasteiger charge is -2.24. The minimum absolute atomic E-state index is 0.0357. The summed E-state index contributed by atoms with van der Waals surface area (Å²) in [7, 11) is -4.20. The summed E-state index contributed by atoms with van der Waals surface area (Å²) in [5.41, 5.74) is 1.11. The molecule has 0 saturated heterocycles. The molecule has 168 valence electrons. The van der Waals surface area contributed by atoms with Gasteiger partial charge < -0.3 is 10.1 Å². The maximum atomic E-state index is 14.5. The summed E-state index contributed by atoms with van der Waals surface area (Å²) in [6, 6.07) is 18.4. The van der Waals surface area contributed by atoms with E-state index in [0.29, 0.717) is 11.4 Å². The number of carbonyl (C=O) groups is 1. The summed E-state index contributed by atoms with van der Waals surface area (Å²) < 4.78 is 47.6. The molecule has 0 aliphatic rings. The second-order valence-electron chi connectivity index (χ2n) is 7.52. The third-order valence-corrected chi connectivity index (χ3v) is 6.28. The number of nitrogens with one attached hydrogen (secondary N) is 1. The molecule has 0 aliphatic carbocycles. The number of aryl methyl sites for hydroxylation is 1. The highest BCUT2D eigenvalue weighted by atomic mass is 32.2. The van der Waals surface area contributed by atoms with Crippen molar-refractivity contribution in [3.8, 4) is 5.75 Å². The lowest BCUT2D eigenvalue weighted by atomic mass is 10.2. The Balaban J connectivity index is 1.90. The van der Waals surface area contributed by atoms with Gasteiger partial charge in [-0.3, -0.25) is 9.10 Å². The fourth-order valence-corrected chi connectivity index (χ4v) is 4.47. The Morgan fingerprint density at radius 1 is 1.03 bits per heavy atom. The second kappa shape index (κ2) is 9.82. The monoisotopic (exact) mass is 456 g/mol. The van der Waals surface area contributed by atoms with E-state index in [-0.39, 0.29) is 16.7 Å². The molecule has 1 N–H and O–H groups in total. The number of hydrogen-bond acceptors (Lipinski definition) is 4. The minimum Gasteiger partial charge on any atom is -0.491 e. The number of hydrogen-bond donors (Lipinski definition) is 1. The van der Waals surface area contributed by atoms with Crippen LogP contribution in [0.25, 0.3) is 0 Å². The quantitative estimate of drug-likeness (QED) is 0.531. The van der Waals surface area contributed by atoms with Gasteiger partial charge in [-0.2, -0.15) is 0 Å². The highest BCUT2D eigenvalue weighted by Gasteiger charge is 2.29. The number of nitrogens with zero attached hydrogens (tertiary/aromatic N) is 1. The first-order chi connectivity index (χ1) is 15.2.